The maximum absolute atomic E-state index is 10.6. The van der Waals surface area contributed by atoms with Gasteiger partial charge < -0.3 is 20.3 Å². The number of esters is 1. The molecule has 15 heavy (non-hydrogen) atoms. The second-order valence-electron chi connectivity index (χ2n) is 3.00. The van der Waals surface area contributed by atoms with Gasteiger partial charge in [-0.2, -0.15) is 0 Å². The molecule has 5 heteroatoms. The molecular formula is C10H13NO4. The van der Waals surface area contributed by atoms with Crippen LogP contribution in [0.15, 0.2) is 12.1 Å². The van der Waals surface area contributed by atoms with E-state index < -0.39 is 0 Å². The van der Waals surface area contributed by atoms with Crippen molar-refractivity contribution in [1.29, 1.82) is 0 Å². The number of carbonyl (C=O) groups excluding carboxylic acids is 1. The molecule has 0 fully saturated rings. The van der Waals surface area contributed by atoms with Crippen LogP contribution >= 0.6 is 0 Å². The molecule has 3 N–H and O–H groups in total. The number of ether oxygens (including phenoxy) is 2. The quantitative estimate of drug-likeness (QED) is 0.576. The molecule has 1 aromatic carbocycles. The van der Waals surface area contributed by atoms with E-state index in [0.717, 1.165) is 0 Å². The van der Waals surface area contributed by atoms with Gasteiger partial charge in [-0.25, -0.2) is 0 Å². The standard InChI is InChI=1S/C10H13NO4/c1-6(12)15-5-7-3-10(14-2)9(13)4-8(7)11/h3-4,13H,5,11H2,1-2H3. The van der Waals surface area contributed by atoms with Gasteiger partial charge in [0.05, 0.1) is 7.11 Å². The molecule has 0 spiro atoms. The predicted molar refractivity (Wildman–Crippen MR) is 54.5 cm³/mol. The minimum absolute atomic E-state index is 0.0402. The van der Waals surface area contributed by atoms with Gasteiger partial charge in [0.1, 0.15) is 6.61 Å². The fourth-order valence-corrected chi connectivity index (χ4v) is 1.09. The molecule has 82 valence electrons. The number of phenols is 1. The van der Waals surface area contributed by atoms with Crippen molar-refractivity contribution in [2.45, 2.75) is 13.5 Å². The van der Waals surface area contributed by atoms with E-state index in [0.29, 0.717) is 17.0 Å². The van der Waals surface area contributed by atoms with Gasteiger partial charge in [-0.05, 0) is 6.07 Å². The first-order chi connectivity index (χ1) is 7.04. The molecule has 1 aromatic rings. The third-order valence-corrected chi connectivity index (χ3v) is 1.87. The molecule has 0 saturated heterocycles. The minimum Gasteiger partial charge on any atom is -0.504 e. The van der Waals surface area contributed by atoms with Crippen LogP contribution in [0.5, 0.6) is 11.5 Å². The van der Waals surface area contributed by atoms with Gasteiger partial charge in [0.15, 0.2) is 11.5 Å². The lowest BCUT2D eigenvalue weighted by atomic mass is 10.1. The Morgan fingerprint density at radius 3 is 2.73 bits per heavy atom. The van der Waals surface area contributed by atoms with Crippen LogP contribution in [0.25, 0.3) is 0 Å². The highest BCUT2D eigenvalue weighted by molar-refractivity contribution is 5.66. The highest BCUT2D eigenvalue weighted by Gasteiger charge is 2.08. The zero-order chi connectivity index (χ0) is 11.4. The summed E-state index contributed by atoms with van der Waals surface area (Å²) in [6.07, 6.45) is 0. The summed E-state index contributed by atoms with van der Waals surface area (Å²) in [5.74, 6) is -0.130. The number of phenolic OH excluding ortho intramolecular Hbond substituents is 1. The first-order valence-corrected chi connectivity index (χ1v) is 4.33. The third kappa shape index (κ3) is 2.77. The van der Waals surface area contributed by atoms with Crippen molar-refractivity contribution in [3.05, 3.63) is 17.7 Å². The van der Waals surface area contributed by atoms with E-state index >= 15 is 0 Å². The number of hydrogen-bond acceptors (Lipinski definition) is 5. The first kappa shape index (κ1) is 11.2. The SMILES string of the molecule is COc1cc(COC(C)=O)c(N)cc1O. The lowest BCUT2D eigenvalue weighted by Crippen LogP contribution is -2.02. The summed E-state index contributed by atoms with van der Waals surface area (Å²) in [6.45, 7) is 1.38. The topological polar surface area (TPSA) is 81.8 Å². The molecule has 0 amide bonds. The Hall–Kier alpha value is -1.91. The fourth-order valence-electron chi connectivity index (χ4n) is 1.09. The second kappa shape index (κ2) is 4.54. The Morgan fingerprint density at radius 2 is 2.20 bits per heavy atom. The molecule has 1 rings (SSSR count). The van der Waals surface area contributed by atoms with Crippen LogP contribution in [0.1, 0.15) is 12.5 Å². The number of benzene rings is 1. The van der Waals surface area contributed by atoms with E-state index in [9.17, 15) is 9.90 Å². The van der Waals surface area contributed by atoms with Crippen molar-refractivity contribution in [3.8, 4) is 11.5 Å². The summed E-state index contributed by atoms with van der Waals surface area (Å²) in [5, 5.41) is 9.38. The summed E-state index contributed by atoms with van der Waals surface area (Å²) in [7, 11) is 1.43. The molecule has 0 aliphatic rings. The third-order valence-electron chi connectivity index (χ3n) is 1.87. The Bertz CT molecular complexity index is 376. The van der Waals surface area contributed by atoms with Crippen molar-refractivity contribution in [2.24, 2.45) is 0 Å². The zero-order valence-electron chi connectivity index (χ0n) is 8.61. The van der Waals surface area contributed by atoms with Gasteiger partial charge in [-0.15, -0.1) is 0 Å². The fraction of sp³-hybridized carbons (Fsp3) is 0.300. The van der Waals surface area contributed by atoms with E-state index in [1.165, 1.54) is 26.2 Å². The first-order valence-electron chi connectivity index (χ1n) is 4.33. The number of methoxy groups -OCH3 is 1. The summed E-state index contributed by atoms with van der Waals surface area (Å²) in [4.78, 5) is 10.6. The molecule has 0 aliphatic carbocycles. The summed E-state index contributed by atoms with van der Waals surface area (Å²) in [6, 6.07) is 2.89. The molecule has 0 saturated carbocycles. The van der Waals surface area contributed by atoms with Crippen LogP contribution in [-0.2, 0) is 16.1 Å². The van der Waals surface area contributed by atoms with Crippen LogP contribution < -0.4 is 10.5 Å². The molecule has 0 aliphatic heterocycles. The van der Waals surface area contributed by atoms with Crippen LogP contribution in [0, 0.1) is 0 Å². The number of nitrogen functional groups attached to an aromatic ring is 1. The van der Waals surface area contributed by atoms with Crippen molar-refractivity contribution in [2.75, 3.05) is 12.8 Å². The number of anilines is 1. The van der Waals surface area contributed by atoms with Gasteiger partial charge in [-0.1, -0.05) is 0 Å². The molecule has 5 nitrogen and oxygen atoms in total. The lowest BCUT2D eigenvalue weighted by Gasteiger charge is -2.09. The van der Waals surface area contributed by atoms with E-state index in [4.69, 9.17) is 15.2 Å². The molecule has 0 heterocycles. The normalized spacial score (nSPS) is 9.73. The average Bonchev–Trinajstić information content (AvgIpc) is 2.16. The van der Waals surface area contributed by atoms with Crippen LogP contribution in [0.2, 0.25) is 0 Å². The average molecular weight is 211 g/mol. The van der Waals surface area contributed by atoms with E-state index in [1.807, 2.05) is 0 Å². The number of carbonyl (C=O) groups is 1. The van der Waals surface area contributed by atoms with Crippen LogP contribution in [0.3, 0.4) is 0 Å². The molecule has 0 radical (unpaired) electrons. The van der Waals surface area contributed by atoms with E-state index in [2.05, 4.69) is 0 Å². The summed E-state index contributed by atoms with van der Waals surface area (Å²) < 4.78 is 9.69. The summed E-state index contributed by atoms with van der Waals surface area (Å²) >= 11 is 0. The van der Waals surface area contributed by atoms with Crippen LogP contribution in [0.4, 0.5) is 5.69 Å². The highest BCUT2D eigenvalue weighted by Crippen LogP contribution is 2.31. The number of nitrogens with two attached hydrogens (primary N) is 1. The van der Waals surface area contributed by atoms with Gasteiger partial charge >= 0.3 is 5.97 Å². The smallest absolute Gasteiger partial charge is 0.302 e. The number of aromatic hydroxyl groups is 1. The lowest BCUT2D eigenvalue weighted by molar-refractivity contribution is -0.142. The molecule has 0 aromatic heterocycles. The van der Waals surface area contributed by atoms with E-state index in [-0.39, 0.29) is 18.3 Å². The predicted octanol–water partition coefficient (Wildman–Crippen LogP) is 1.05. The Labute approximate surface area is 87.4 Å². The molecular weight excluding hydrogens is 198 g/mol. The largest absolute Gasteiger partial charge is 0.504 e. The van der Waals surface area contributed by atoms with Gasteiger partial charge in [-0.3, -0.25) is 4.79 Å². The molecule has 0 bridgehead atoms. The highest BCUT2D eigenvalue weighted by atomic mass is 16.5. The van der Waals surface area contributed by atoms with Crippen molar-refractivity contribution < 1.29 is 19.4 Å². The van der Waals surface area contributed by atoms with Crippen molar-refractivity contribution >= 4 is 11.7 Å². The Morgan fingerprint density at radius 1 is 1.53 bits per heavy atom. The van der Waals surface area contributed by atoms with Gasteiger partial charge in [0.2, 0.25) is 0 Å². The summed E-state index contributed by atoms with van der Waals surface area (Å²) in [5.41, 5.74) is 6.58. The Kier molecular flexibility index (Phi) is 3.38. The molecule has 0 unspecified atom stereocenters. The Balaban J connectivity index is 2.92. The maximum Gasteiger partial charge on any atom is 0.302 e. The van der Waals surface area contributed by atoms with Crippen molar-refractivity contribution in [1.82, 2.24) is 0 Å². The van der Waals surface area contributed by atoms with Crippen molar-refractivity contribution in [3.63, 3.8) is 0 Å². The number of hydrogen-bond donors (Lipinski definition) is 2. The molecule has 0 atom stereocenters. The second-order valence-corrected chi connectivity index (χ2v) is 3.00. The van der Waals surface area contributed by atoms with E-state index in [1.54, 1.807) is 0 Å². The minimum atomic E-state index is -0.388. The zero-order valence-corrected chi connectivity index (χ0v) is 8.61. The maximum atomic E-state index is 10.6. The monoisotopic (exact) mass is 211 g/mol. The van der Waals surface area contributed by atoms with Crippen LogP contribution in [-0.4, -0.2) is 18.2 Å². The number of rotatable bonds is 3. The van der Waals surface area contributed by atoms with Gasteiger partial charge in [0.25, 0.3) is 0 Å². The van der Waals surface area contributed by atoms with Gasteiger partial charge in [0, 0.05) is 24.2 Å².